The summed E-state index contributed by atoms with van der Waals surface area (Å²) in [5, 5.41) is 6.08. The average Bonchev–Trinajstić information content (AvgIpc) is 3.03. The van der Waals surface area contributed by atoms with Crippen molar-refractivity contribution in [2.24, 2.45) is 0 Å². The van der Waals surface area contributed by atoms with Crippen LogP contribution >= 0.6 is 11.6 Å². The van der Waals surface area contributed by atoms with E-state index in [1.54, 1.807) is 0 Å². The molecule has 2 nitrogen and oxygen atoms in total. The van der Waals surface area contributed by atoms with E-state index in [0.717, 1.165) is 37.4 Å². The topological polar surface area (TPSA) is 6.25 Å². The lowest BCUT2D eigenvalue weighted by Crippen LogP contribution is -2.21. The lowest BCUT2D eigenvalue weighted by molar-refractivity contribution is -0.436. The lowest BCUT2D eigenvalue weighted by Gasteiger charge is -2.26. The highest BCUT2D eigenvalue weighted by Crippen LogP contribution is 2.35. The van der Waals surface area contributed by atoms with Crippen LogP contribution in [-0.4, -0.2) is 23.4 Å². The van der Waals surface area contributed by atoms with Gasteiger partial charge in [0, 0.05) is 47.6 Å². The van der Waals surface area contributed by atoms with Gasteiger partial charge in [0.25, 0.3) is 0 Å². The Morgan fingerprint density at radius 2 is 1.49 bits per heavy atom. The molecular weight excluding hydrogens is 544 g/mol. The molecule has 0 spiro atoms. The zero-order chi connectivity index (χ0) is 30.5. The third-order valence-electron chi connectivity index (χ3n) is 8.91. The third-order valence-corrected chi connectivity index (χ3v) is 9.40. The number of hydrogen-bond donors (Lipinski definition) is 0. The SMILES string of the molecule is CCN(/C(C)=C/C=C1\CCCC(/C=C/C(C)=[N+](\CC)c2ccc3ccccc3c2C)=C1Cl)c1ccc2ccccc2c1C. The second-order valence-electron chi connectivity index (χ2n) is 11.5. The number of halogens is 1. The summed E-state index contributed by atoms with van der Waals surface area (Å²) in [6.07, 6.45) is 12.1. The van der Waals surface area contributed by atoms with Gasteiger partial charge >= 0.3 is 0 Å². The predicted molar refractivity (Wildman–Crippen MR) is 189 cm³/mol. The van der Waals surface area contributed by atoms with Gasteiger partial charge in [-0.15, -0.1) is 0 Å². The molecule has 4 aromatic carbocycles. The first-order chi connectivity index (χ1) is 20.8. The van der Waals surface area contributed by atoms with E-state index in [2.05, 4.69) is 148 Å². The first-order valence-corrected chi connectivity index (χ1v) is 16.0. The molecule has 0 amide bonds. The monoisotopic (exact) mass is 587 g/mol. The summed E-state index contributed by atoms with van der Waals surface area (Å²) in [7, 11) is 0. The summed E-state index contributed by atoms with van der Waals surface area (Å²) >= 11 is 7.05. The van der Waals surface area contributed by atoms with Crippen molar-refractivity contribution >= 4 is 50.2 Å². The van der Waals surface area contributed by atoms with E-state index in [4.69, 9.17) is 11.6 Å². The van der Waals surface area contributed by atoms with Gasteiger partial charge in [0.2, 0.25) is 5.69 Å². The highest BCUT2D eigenvalue weighted by Gasteiger charge is 2.18. The zero-order valence-corrected chi connectivity index (χ0v) is 27.3. The van der Waals surface area contributed by atoms with Crippen LogP contribution in [0, 0.1) is 13.8 Å². The van der Waals surface area contributed by atoms with Crippen molar-refractivity contribution in [1.82, 2.24) is 0 Å². The Morgan fingerprint density at radius 1 is 0.837 bits per heavy atom. The number of hydrogen-bond acceptors (Lipinski definition) is 1. The number of aryl methyl sites for hydroxylation is 2. The molecule has 1 aliphatic carbocycles. The van der Waals surface area contributed by atoms with Crippen LogP contribution in [0.25, 0.3) is 21.5 Å². The Labute approximate surface area is 263 Å². The van der Waals surface area contributed by atoms with Gasteiger partial charge in [-0.05, 0) is 110 Å². The first-order valence-electron chi connectivity index (χ1n) is 15.6. The molecule has 0 N–H and O–H groups in total. The molecule has 0 atom stereocenters. The van der Waals surface area contributed by atoms with Crippen molar-refractivity contribution in [2.75, 3.05) is 18.0 Å². The summed E-state index contributed by atoms with van der Waals surface area (Å²) in [5.41, 5.74) is 10.0. The van der Waals surface area contributed by atoms with Crippen molar-refractivity contribution in [1.29, 1.82) is 0 Å². The number of fused-ring (bicyclic) bond motifs is 2. The molecule has 4 aromatic rings. The molecule has 0 heterocycles. The number of allylic oxidation sites excluding steroid dienone is 8. The molecule has 43 heavy (non-hydrogen) atoms. The van der Waals surface area contributed by atoms with Gasteiger partial charge < -0.3 is 4.90 Å². The van der Waals surface area contributed by atoms with Gasteiger partial charge in [-0.25, -0.2) is 0 Å². The molecule has 220 valence electrons. The van der Waals surface area contributed by atoms with Crippen LogP contribution in [0.1, 0.15) is 58.1 Å². The van der Waals surface area contributed by atoms with Crippen LogP contribution in [-0.2, 0) is 0 Å². The maximum Gasteiger partial charge on any atom is 0.208 e. The Kier molecular flexibility index (Phi) is 9.68. The number of nitrogens with zero attached hydrogens (tertiary/aromatic N) is 2. The van der Waals surface area contributed by atoms with Crippen LogP contribution in [0.4, 0.5) is 11.4 Å². The van der Waals surface area contributed by atoms with Crippen LogP contribution in [0.3, 0.4) is 0 Å². The van der Waals surface area contributed by atoms with E-state index in [9.17, 15) is 0 Å². The second kappa shape index (κ2) is 13.6. The maximum absolute atomic E-state index is 7.05. The van der Waals surface area contributed by atoms with Gasteiger partial charge in [0.15, 0.2) is 5.71 Å². The predicted octanol–water partition coefficient (Wildman–Crippen LogP) is 11.3. The quantitative estimate of drug-likeness (QED) is 0.147. The van der Waals surface area contributed by atoms with Crippen molar-refractivity contribution < 1.29 is 4.58 Å². The van der Waals surface area contributed by atoms with E-state index in [-0.39, 0.29) is 0 Å². The van der Waals surface area contributed by atoms with Crippen LogP contribution in [0.2, 0.25) is 0 Å². The molecular formula is C40H44ClN2+. The fourth-order valence-corrected chi connectivity index (χ4v) is 6.78. The lowest BCUT2D eigenvalue weighted by atomic mass is 9.94. The van der Waals surface area contributed by atoms with Crippen molar-refractivity contribution in [2.45, 2.75) is 60.8 Å². The average molecular weight is 588 g/mol. The van der Waals surface area contributed by atoms with Gasteiger partial charge in [-0.3, -0.25) is 0 Å². The second-order valence-corrected chi connectivity index (χ2v) is 11.9. The maximum atomic E-state index is 7.05. The number of anilines is 1. The summed E-state index contributed by atoms with van der Waals surface area (Å²) in [6.45, 7) is 15.1. The van der Waals surface area contributed by atoms with E-state index in [0.29, 0.717) is 0 Å². The fraction of sp³-hybridized carbons (Fsp3) is 0.275. The highest BCUT2D eigenvalue weighted by molar-refractivity contribution is 6.32. The van der Waals surface area contributed by atoms with Crippen LogP contribution in [0.15, 0.2) is 119 Å². The fourth-order valence-electron chi connectivity index (χ4n) is 6.47. The van der Waals surface area contributed by atoms with Gasteiger partial charge in [0.05, 0.1) is 0 Å². The Bertz CT molecular complexity index is 1820. The smallest absolute Gasteiger partial charge is 0.208 e. The van der Waals surface area contributed by atoms with Crippen LogP contribution in [0.5, 0.6) is 0 Å². The van der Waals surface area contributed by atoms with Gasteiger partial charge in [-0.1, -0.05) is 78.4 Å². The summed E-state index contributed by atoms with van der Waals surface area (Å²) in [5.74, 6) is 0. The van der Waals surface area contributed by atoms with E-state index in [1.807, 2.05) is 0 Å². The molecule has 0 saturated heterocycles. The molecule has 3 heteroatoms. The molecule has 0 radical (unpaired) electrons. The van der Waals surface area contributed by atoms with Gasteiger partial charge in [0.1, 0.15) is 6.54 Å². The Hall–Kier alpha value is -3.88. The summed E-state index contributed by atoms with van der Waals surface area (Å²) in [4.78, 5) is 2.40. The van der Waals surface area contributed by atoms with Crippen molar-refractivity contribution in [3.8, 4) is 0 Å². The zero-order valence-electron chi connectivity index (χ0n) is 26.5. The van der Waals surface area contributed by atoms with Gasteiger partial charge in [-0.2, -0.15) is 4.58 Å². The van der Waals surface area contributed by atoms with E-state index >= 15 is 0 Å². The third kappa shape index (κ3) is 6.40. The molecule has 0 unspecified atom stereocenters. The van der Waals surface area contributed by atoms with E-state index in [1.165, 1.54) is 66.6 Å². The minimum Gasteiger partial charge on any atom is -0.345 e. The minimum absolute atomic E-state index is 0.897. The molecule has 0 fully saturated rings. The first kappa shape index (κ1) is 30.6. The molecule has 0 saturated carbocycles. The largest absolute Gasteiger partial charge is 0.345 e. The minimum atomic E-state index is 0.897. The molecule has 1 aliphatic rings. The number of benzene rings is 4. The standard InChI is InChI=1S/C40H44ClN2/c1-7-42(38-26-24-32-14-9-11-18-36(32)30(38)5)28(3)20-22-34-16-13-17-35(40(34)41)23-21-29(4)43(8-2)39-27-25-33-15-10-12-19-37(33)31(39)6/h9-12,14-15,18-27H,7-8,13,16-17H2,1-6H3/q+1. The Morgan fingerprint density at radius 3 is 2.16 bits per heavy atom. The summed E-state index contributed by atoms with van der Waals surface area (Å²) < 4.78 is 2.40. The van der Waals surface area contributed by atoms with Crippen molar-refractivity contribution in [3.05, 3.63) is 130 Å². The highest BCUT2D eigenvalue weighted by atomic mass is 35.5. The molecule has 0 aliphatic heterocycles. The summed E-state index contributed by atoms with van der Waals surface area (Å²) in [6, 6.07) is 26.2. The number of rotatable bonds is 8. The Balaban J connectivity index is 1.41. The van der Waals surface area contributed by atoms with Crippen LogP contribution < -0.4 is 4.90 Å². The normalized spacial score (nSPS) is 16.1. The van der Waals surface area contributed by atoms with Crippen molar-refractivity contribution in [3.63, 3.8) is 0 Å². The molecule has 5 rings (SSSR count). The van der Waals surface area contributed by atoms with E-state index < -0.39 is 0 Å². The molecule has 0 aromatic heterocycles. The molecule has 0 bridgehead atoms.